The fourth-order valence-corrected chi connectivity index (χ4v) is 6.19. The zero-order chi connectivity index (χ0) is 16.8. The molecule has 0 spiro atoms. The molecule has 1 heterocycles. The number of allylic oxidation sites excluding steroid dienone is 2. The third kappa shape index (κ3) is 2.54. The number of nitrogens with zero attached hydrogens (tertiary/aromatic N) is 1. The third-order valence-electron chi connectivity index (χ3n) is 6.44. The maximum absolute atomic E-state index is 12.7. The van der Waals surface area contributed by atoms with Crippen LogP contribution in [0.1, 0.15) is 44.1 Å². The summed E-state index contributed by atoms with van der Waals surface area (Å²) in [6.45, 7) is 3.63. The van der Waals surface area contributed by atoms with Crippen LogP contribution in [0.3, 0.4) is 0 Å². The predicted molar refractivity (Wildman–Crippen MR) is 94.8 cm³/mol. The molecule has 5 heteroatoms. The topological polar surface area (TPSA) is 49.4 Å². The first kappa shape index (κ1) is 16.3. The molecule has 0 radical (unpaired) electrons. The second kappa shape index (κ2) is 5.68. The predicted octanol–water partition coefficient (Wildman–Crippen LogP) is 3.40. The van der Waals surface area contributed by atoms with Gasteiger partial charge in [0.2, 0.25) is 0 Å². The van der Waals surface area contributed by atoms with Gasteiger partial charge >= 0.3 is 0 Å². The van der Waals surface area contributed by atoms with Crippen molar-refractivity contribution < 1.29 is 8.42 Å². The van der Waals surface area contributed by atoms with E-state index in [0.29, 0.717) is 4.90 Å². The Morgan fingerprint density at radius 2 is 1.50 bits per heavy atom. The Labute approximate surface area is 145 Å². The minimum absolute atomic E-state index is 0.260. The highest BCUT2D eigenvalue weighted by atomic mass is 32.2. The summed E-state index contributed by atoms with van der Waals surface area (Å²) < 4.78 is 25.5. The summed E-state index contributed by atoms with van der Waals surface area (Å²) in [5, 5.41) is 1.98. The van der Waals surface area contributed by atoms with Crippen LogP contribution in [0.15, 0.2) is 41.3 Å². The molecule has 0 aromatic heterocycles. The van der Waals surface area contributed by atoms with Crippen LogP contribution in [-0.4, -0.2) is 26.5 Å². The smallest absolute Gasteiger partial charge is 0.229 e. The normalized spacial score (nSPS) is 33.2. The highest BCUT2D eigenvalue weighted by Gasteiger charge is 2.58. The first-order chi connectivity index (χ1) is 11.4. The molecule has 130 valence electrons. The molecule has 1 saturated heterocycles. The van der Waals surface area contributed by atoms with Gasteiger partial charge in [0.05, 0.1) is 4.90 Å². The summed E-state index contributed by atoms with van der Waals surface area (Å²) in [5.74, 6) is 0. The van der Waals surface area contributed by atoms with Crippen LogP contribution in [0, 0.1) is 17.8 Å². The van der Waals surface area contributed by atoms with Crippen LogP contribution in [0.4, 0.5) is 0 Å². The Balaban J connectivity index is 1.57. The average molecular weight is 346 g/mol. The molecular weight excluding hydrogens is 320 g/mol. The quantitative estimate of drug-likeness (QED) is 0.854. The molecule has 1 N–H and O–H groups in total. The highest BCUT2D eigenvalue weighted by molar-refractivity contribution is 7.89. The second-order valence-corrected chi connectivity index (χ2v) is 9.57. The van der Waals surface area contributed by atoms with E-state index < -0.39 is 10.0 Å². The molecule has 2 fully saturated rings. The van der Waals surface area contributed by atoms with E-state index in [4.69, 9.17) is 0 Å². The van der Waals surface area contributed by atoms with Crippen LogP contribution in [0.2, 0.25) is 0 Å². The summed E-state index contributed by atoms with van der Waals surface area (Å²) in [6.07, 6.45) is 11.8. The molecule has 4 nitrogen and oxygen atoms in total. The molecule has 0 amide bonds. The first-order valence-electron chi connectivity index (χ1n) is 8.94. The molecule has 2 aliphatic carbocycles. The fraction of sp³-hybridized carbons (Fsp3) is 0.579. The Morgan fingerprint density at radius 3 is 2.04 bits per heavy atom. The van der Waals surface area contributed by atoms with Crippen molar-refractivity contribution >= 4 is 10.0 Å². The zero-order valence-electron chi connectivity index (χ0n) is 14.3. The molecule has 4 rings (SSSR count). The van der Waals surface area contributed by atoms with Crippen molar-refractivity contribution in [2.75, 3.05) is 13.1 Å². The second-order valence-electron chi connectivity index (χ2n) is 7.91. The molecule has 3 aliphatic rings. The largest absolute Gasteiger partial charge is 0.253 e. The zero-order valence-corrected chi connectivity index (χ0v) is 15.1. The van der Waals surface area contributed by atoms with Gasteiger partial charge in [0.25, 0.3) is 10.0 Å². The molecule has 1 saturated carbocycles. The average Bonchev–Trinajstić information content (AvgIpc) is 2.88. The number of benzene rings is 1. The Bertz CT molecular complexity index is 730. The first-order valence-corrected chi connectivity index (χ1v) is 10.4. The van der Waals surface area contributed by atoms with Crippen LogP contribution < -0.4 is 4.83 Å². The molecule has 0 bridgehead atoms. The Hall–Kier alpha value is -1.17. The van der Waals surface area contributed by atoms with Gasteiger partial charge in [0.1, 0.15) is 0 Å². The number of nitrogens with one attached hydrogen (secondary N) is 1. The number of sulfonamides is 1. The molecule has 24 heavy (non-hydrogen) atoms. The summed E-state index contributed by atoms with van der Waals surface area (Å²) in [6, 6.07) is 7.07. The van der Waals surface area contributed by atoms with Crippen LogP contribution in [0.25, 0.3) is 0 Å². The van der Waals surface area contributed by atoms with Gasteiger partial charge in [-0.05, 0) is 55.6 Å². The summed E-state index contributed by atoms with van der Waals surface area (Å²) in [4.78, 5) is 3.22. The monoisotopic (exact) mass is 346 g/mol. The third-order valence-corrected chi connectivity index (χ3v) is 7.83. The van der Waals surface area contributed by atoms with Crippen LogP contribution in [-0.2, 0) is 10.0 Å². The van der Waals surface area contributed by atoms with E-state index in [1.54, 1.807) is 12.1 Å². The fourth-order valence-electron chi connectivity index (χ4n) is 5.13. The molecule has 2 atom stereocenters. The maximum Gasteiger partial charge on any atom is 0.253 e. The van der Waals surface area contributed by atoms with Gasteiger partial charge < -0.3 is 0 Å². The van der Waals surface area contributed by atoms with Crippen LogP contribution in [0.5, 0.6) is 0 Å². The van der Waals surface area contributed by atoms with Gasteiger partial charge in [-0.3, -0.25) is 0 Å². The molecular formula is C19H26N2O2S. The minimum atomic E-state index is -3.50. The van der Waals surface area contributed by atoms with E-state index in [2.05, 4.69) is 17.0 Å². The lowest BCUT2D eigenvalue weighted by Crippen LogP contribution is -2.44. The van der Waals surface area contributed by atoms with E-state index >= 15 is 0 Å². The van der Waals surface area contributed by atoms with Crippen molar-refractivity contribution in [3.63, 3.8) is 0 Å². The van der Waals surface area contributed by atoms with E-state index in [9.17, 15) is 8.42 Å². The van der Waals surface area contributed by atoms with E-state index in [1.165, 1.54) is 25.7 Å². The number of rotatable bonds is 3. The Kier molecular flexibility index (Phi) is 3.86. The van der Waals surface area contributed by atoms with Crippen molar-refractivity contribution in [2.45, 2.75) is 50.3 Å². The van der Waals surface area contributed by atoms with E-state index in [1.807, 2.05) is 24.1 Å². The van der Waals surface area contributed by atoms with Gasteiger partial charge in [0, 0.05) is 13.1 Å². The van der Waals surface area contributed by atoms with Crippen molar-refractivity contribution in [3.05, 3.63) is 42.0 Å². The lowest BCUT2D eigenvalue weighted by atomic mass is 9.53. The van der Waals surface area contributed by atoms with Crippen molar-refractivity contribution in [2.24, 2.45) is 10.8 Å². The number of hydrazine groups is 1. The van der Waals surface area contributed by atoms with Gasteiger partial charge in [0.15, 0.2) is 0 Å². The maximum atomic E-state index is 12.7. The van der Waals surface area contributed by atoms with Gasteiger partial charge in [-0.25, -0.2) is 13.4 Å². The van der Waals surface area contributed by atoms with Crippen molar-refractivity contribution in [3.8, 4) is 0 Å². The van der Waals surface area contributed by atoms with E-state index in [-0.39, 0.29) is 10.8 Å². The standard InChI is InChI=1S/C19H26N2O2S/c1-16-6-8-17(9-7-16)24(22,23)20-21-14-18-10-2-3-11-19(18,15-21)13-5-4-12-18/h2-3,6-9,20H,4-5,10-15H2,1H3. The Morgan fingerprint density at radius 1 is 0.958 bits per heavy atom. The van der Waals surface area contributed by atoms with Crippen LogP contribution >= 0.6 is 0 Å². The summed E-state index contributed by atoms with van der Waals surface area (Å²) >= 11 is 0. The van der Waals surface area contributed by atoms with E-state index in [0.717, 1.165) is 31.5 Å². The molecule has 1 aliphatic heterocycles. The van der Waals surface area contributed by atoms with Gasteiger partial charge in [-0.1, -0.05) is 42.7 Å². The summed E-state index contributed by atoms with van der Waals surface area (Å²) in [5.41, 5.74) is 1.59. The lowest BCUT2D eigenvalue weighted by molar-refractivity contribution is 0.0342. The highest BCUT2D eigenvalue weighted by Crippen LogP contribution is 2.61. The number of hydrogen-bond donors (Lipinski definition) is 1. The summed E-state index contributed by atoms with van der Waals surface area (Å²) in [7, 11) is -3.50. The van der Waals surface area contributed by atoms with Gasteiger partial charge in [-0.15, -0.1) is 4.83 Å². The number of aryl methyl sites for hydroxylation is 1. The molecule has 1 aromatic carbocycles. The number of hydrogen-bond acceptors (Lipinski definition) is 3. The SMILES string of the molecule is Cc1ccc(S(=O)(=O)NN2CC34CC=CCC3(CCCC4)C2)cc1. The minimum Gasteiger partial charge on any atom is -0.229 e. The molecule has 1 aromatic rings. The lowest BCUT2D eigenvalue weighted by Gasteiger charge is -2.50. The van der Waals surface area contributed by atoms with Crippen molar-refractivity contribution in [1.82, 2.24) is 9.84 Å². The van der Waals surface area contributed by atoms with Crippen molar-refractivity contribution in [1.29, 1.82) is 0 Å². The van der Waals surface area contributed by atoms with Gasteiger partial charge in [-0.2, -0.15) is 0 Å². The molecule has 2 unspecified atom stereocenters.